The molecule has 2 aliphatic heterocycles. The molecule has 1 aromatic carbocycles. The summed E-state index contributed by atoms with van der Waals surface area (Å²) in [6.45, 7) is 7.78. The van der Waals surface area contributed by atoms with E-state index in [1.165, 1.54) is 42.9 Å². The molecule has 0 N–H and O–H groups in total. The summed E-state index contributed by atoms with van der Waals surface area (Å²) in [7, 11) is 0. The van der Waals surface area contributed by atoms with Crippen LogP contribution in [0.3, 0.4) is 0 Å². The Balaban J connectivity index is 1.39. The van der Waals surface area contributed by atoms with E-state index in [1.807, 2.05) is 11.9 Å². The Morgan fingerprint density at radius 2 is 1.86 bits per heavy atom. The van der Waals surface area contributed by atoms with Gasteiger partial charge >= 0.3 is 0 Å². The Labute approximate surface area is 138 Å². The summed E-state index contributed by atoms with van der Waals surface area (Å²) in [5.41, 5.74) is 1.31. The molecule has 0 amide bonds. The van der Waals surface area contributed by atoms with Crippen LogP contribution in [0.15, 0.2) is 29.2 Å². The molecule has 1 aliphatic carbocycles. The number of aryl methyl sites for hydroxylation is 1. The van der Waals surface area contributed by atoms with Crippen LogP contribution >= 0.6 is 11.9 Å². The Kier molecular flexibility index (Phi) is 4.20. The first-order valence-electron chi connectivity index (χ1n) is 8.62. The SMILES string of the molecule is Cc1ccc(SN2CCOC23CCN(CC2CC2)CC3)cc1. The fraction of sp³-hybridized carbons (Fsp3) is 0.667. The number of rotatable bonds is 4. The van der Waals surface area contributed by atoms with Gasteiger partial charge in [0.05, 0.1) is 6.61 Å². The monoisotopic (exact) mass is 318 g/mol. The molecule has 4 rings (SSSR count). The average Bonchev–Trinajstić information content (AvgIpc) is 3.27. The van der Waals surface area contributed by atoms with Gasteiger partial charge in [-0.05, 0) is 49.8 Å². The van der Waals surface area contributed by atoms with Crippen LogP contribution < -0.4 is 0 Å². The Morgan fingerprint density at radius 3 is 2.55 bits per heavy atom. The van der Waals surface area contributed by atoms with Gasteiger partial charge in [0.25, 0.3) is 0 Å². The molecular weight excluding hydrogens is 292 g/mol. The number of benzene rings is 1. The van der Waals surface area contributed by atoms with Gasteiger partial charge in [-0.15, -0.1) is 0 Å². The molecule has 0 unspecified atom stereocenters. The highest BCUT2D eigenvalue weighted by Gasteiger charge is 2.45. The summed E-state index contributed by atoms with van der Waals surface area (Å²) in [5.74, 6) is 0.997. The highest BCUT2D eigenvalue weighted by molar-refractivity contribution is 7.97. The minimum atomic E-state index is -0.0183. The van der Waals surface area contributed by atoms with Crippen LogP contribution in [0.4, 0.5) is 0 Å². The molecule has 1 saturated carbocycles. The molecule has 4 heteroatoms. The first-order valence-corrected chi connectivity index (χ1v) is 9.39. The van der Waals surface area contributed by atoms with Crippen molar-refractivity contribution in [3.63, 3.8) is 0 Å². The van der Waals surface area contributed by atoms with Crippen molar-refractivity contribution in [2.75, 3.05) is 32.8 Å². The van der Waals surface area contributed by atoms with Crippen LogP contribution in [-0.2, 0) is 4.74 Å². The zero-order valence-electron chi connectivity index (χ0n) is 13.5. The molecule has 3 nitrogen and oxygen atoms in total. The van der Waals surface area contributed by atoms with Gasteiger partial charge in [-0.1, -0.05) is 17.7 Å². The van der Waals surface area contributed by atoms with E-state index in [2.05, 4.69) is 40.4 Å². The maximum absolute atomic E-state index is 6.24. The van der Waals surface area contributed by atoms with Gasteiger partial charge < -0.3 is 9.64 Å². The fourth-order valence-electron chi connectivity index (χ4n) is 3.59. The van der Waals surface area contributed by atoms with E-state index >= 15 is 0 Å². The molecule has 3 fully saturated rings. The van der Waals surface area contributed by atoms with E-state index in [9.17, 15) is 0 Å². The highest BCUT2D eigenvalue weighted by Crippen LogP contribution is 2.42. The van der Waals surface area contributed by atoms with Crippen LogP contribution in [-0.4, -0.2) is 47.7 Å². The van der Waals surface area contributed by atoms with Crippen molar-refractivity contribution < 1.29 is 4.74 Å². The maximum atomic E-state index is 6.24. The van der Waals surface area contributed by atoms with E-state index in [4.69, 9.17) is 4.74 Å². The second-order valence-electron chi connectivity index (χ2n) is 7.05. The molecule has 0 aromatic heterocycles. The quantitative estimate of drug-likeness (QED) is 0.789. The van der Waals surface area contributed by atoms with E-state index < -0.39 is 0 Å². The van der Waals surface area contributed by atoms with Crippen molar-refractivity contribution in [3.8, 4) is 0 Å². The molecule has 3 aliphatic rings. The van der Waals surface area contributed by atoms with Crippen LogP contribution in [0.1, 0.15) is 31.2 Å². The summed E-state index contributed by atoms with van der Waals surface area (Å²) in [6.07, 6.45) is 5.21. The molecule has 120 valence electrons. The van der Waals surface area contributed by atoms with E-state index in [0.717, 1.165) is 31.9 Å². The minimum absolute atomic E-state index is 0.0183. The number of nitrogens with zero attached hydrogens (tertiary/aromatic N) is 2. The third-order valence-electron chi connectivity index (χ3n) is 5.21. The van der Waals surface area contributed by atoms with Crippen molar-refractivity contribution in [1.29, 1.82) is 0 Å². The van der Waals surface area contributed by atoms with Gasteiger partial charge in [0.2, 0.25) is 0 Å². The first kappa shape index (κ1) is 15.0. The molecule has 22 heavy (non-hydrogen) atoms. The molecule has 1 spiro atoms. The average molecular weight is 318 g/mol. The standard InChI is InChI=1S/C18H26N2OS/c1-15-2-6-17(7-3-15)22-20-12-13-21-18(20)8-10-19(11-9-18)14-16-4-5-16/h2-3,6-7,16H,4-5,8-14H2,1H3. The predicted molar refractivity (Wildman–Crippen MR) is 90.8 cm³/mol. The molecule has 2 saturated heterocycles. The van der Waals surface area contributed by atoms with Crippen LogP contribution in [0.5, 0.6) is 0 Å². The number of hydrogen-bond donors (Lipinski definition) is 0. The van der Waals surface area contributed by atoms with Crippen molar-refractivity contribution in [1.82, 2.24) is 9.21 Å². The normalized spacial score (nSPS) is 25.9. The van der Waals surface area contributed by atoms with E-state index in [0.29, 0.717) is 0 Å². The maximum Gasteiger partial charge on any atom is 0.133 e. The third kappa shape index (κ3) is 3.21. The second kappa shape index (κ2) is 6.16. The van der Waals surface area contributed by atoms with Crippen molar-refractivity contribution in [2.45, 2.75) is 43.2 Å². The third-order valence-corrected chi connectivity index (χ3v) is 6.43. The lowest BCUT2D eigenvalue weighted by Crippen LogP contribution is -2.51. The van der Waals surface area contributed by atoms with Gasteiger partial charge in [-0.2, -0.15) is 0 Å². The van der Waals surface area contributed by atoms with Crippen LogP contribution in [0.25, 0.3) is 0 Å². The second-order valence-corrected chi connectivity index (χ2v) is 8.14. The van der Waals surface area contributed by atoms with E-state index in [1.54, 1.807) is 0 Å². The largest absolute Gasteiger partial charge is 0.358 e. The Bertz CT molecular complexity index is 506. The van der Waals surface area contributed by atoms with Crippen molar-refractivity contribution >= 4 is 11.9 Å². The van der Waals surface area contributed by atoms with Crippen LogP contribution in [0.2, 0.25) is 0 Å². The summed E-state index contributed by atoms with van der Waals surface area (Å²) in [4.78, 5) is 3.98. The molecule has 0 radical (unpaired) electrons. The smallest absolute Gasteiger partial charge is 0.133 e. The minimum Gasteiger partial charge on any atom is -0.358 e. The van der Waals surface area contributed by atoms with Gasteiger partial charge in [0.15, 0.2) is 0 Å². The number of ether oxygens (including phenoxy) is 1. The zero-order chi connectivity index (χ0) is 15.0. The highest BCUT2D eigenvalue weighted by atomic mass is 32.2. The van der Waals surface area contributed by atoms with Crippen molar-refractivity contribution in [2.24, 2.45) is 5.92 Å². The van der Waals surface area contributed by atoms with E-state index in [-0.39, 0.29) is 5.72 Å². The molecular formula is C18H26N2OS. The van der Waals surface area contributed by atoms with Crippen LogP contribution in [0, 0.1) is 12.8 Å². The molecule has 2 heterocycles. The topological polar surface area (TPSA) is 15.7 Å². The van der Waals surface area contributed by atoms with Crippen molar-refractivity contribution in [3.05, 3.63) is 29.8 Å². The fourth-order valence-corrected chi connectivity index (χ4v) is 4.67. The van der Waals surface area contributed by atoms with Gasteiger partial charge in [0, 0.05) is 43.9 Å². The number of likely N-dealkylation sites (tertiary alicyclic amines) is 1. The Morgan fingerprint density at radius 1 is 1.14 bits per heavy atom. The molecule has 0 atom stereocenters. The summed E-state index contributed by atoms with van der Waals surface area (Å²) in [6, 6.07) is 8.86. The number of piperidine rings is 1. The lowest BCUT2D eigenvalue weighted by molar-refractivity contribution is -0.0881. The lowest BCUT2D eigenvalue weighted by atomic mass is 10.0. The summed E-state index contributed by atoms with van der Waals surface area (Å²) < 4.78 is 8.74. The van der Waals surface area contributed by atoms with Gasteiger partial charge in [-0.3, -0.25) is 0 Å². The molecule has 0 bridgehead atoms. The predicted octanol–water partition coefficient (Wildman–Crippen LogP) is 3.54. The number of hydrogen-bond acceptors (Lipinski definition) is 4. The molecule has 1 aromatic rings. The first-order chi connectivity index (χ1) is 10.7. The lowest BCUT2D eigenvalue weighted by Gasteiger charge is -2.43. The summed E-state index contributed by atoms with van der Waals surface area (Å²) in [5, 5.41) is 0. The van der Waals surface area contributed by atoms with Gasteiger partial charge in [0.1, 0.15) is 5.72 Å². The summed E-state index contributed by atoms with van der Waals surface area (Å²) >= 11 is 1.88. The van der Waals surface area contributed by atoms with Gasteiger partial charge in [-0.25, -0.2) is 4.31 Å². The zero-order valence-corrected chi connectivity index (χ0v) is 14.3. The Hall–Kier alpha value is -0.550.